The molecule has 136 valence electrons. The van der Waals surface area contributed by atoms with Gasteiger partial charge in [0.2, 0.25) is 0 Å². The van der Waals surface area contributed by atoms with Gasteiger partial charge >= 0.3 is 0 Å². The molecule has 2 fully saturated rings. The van der Waals surface area contributed by atoms with Gasteiger partial charge in [0.25, 0.3) is 5.91 Å². The molecule has 26 heavy (non-hydrogen) atoms. The van der Waals surface area contributed by atoms with Crippen molar-refractivity contribution in [3.8, 4) is 0 Å². The normalized spacial score (nSPS) is 16.9. The van der Waals surface area contributed by atoms with Crippen LogP contribution in [0.5, 0.6) is 0 Å². The van der Waals surface area contributed by atoms with Crippen LogP contribution in [-0.2, 0) is 6.54 Å². The summed E-state index contributed by atoms with van der Waals surface area (Å²) in [6.07, 6.45) is 8.07. The molecule has 4 heterocycles. The highest BCUT2D eigenvalue weighted by Crippen LogP contribution is 2.19. The van der Waals surface area contributed by atoms with Crippen LogP contribution in [-0.4, -0.2) is 47.0 Å². The number of pyridine rings is 1. The van der Waals surface area contributed by atoms with Gasteiger partial charge in [0, 0.05) is 45.0 Å². The van der Waals surface area contributed by atoms with Crippen molar-refractivity contribution in [1.29, 1.82) is 0 Å². The zero-order valence-corrected chi connectivity index (χ0v) is 14.9. The Kier molecular flexibility index (Phi) is 4.95. The Morgan fingerprint density at radius 3 is 2.27 bits per heavy atom. The molecule has 1 N–H and O–H groups in total. The van der Waals surface area contributed by atoms with Crippen molar-refractivity contribution >= 4 is 17.5 Å². The minimum Gasteiger partial charge on any atom is -0.357 e. The summed E-state index contributed by atoms with van der Waals surface area (Å²) >= 11 is 0. The number of nitrogens with zero attached hydrogens (tertiary/aromatic N) is 5. The Bertz CT molecular complexity index is 768. The predicted molar refractivity (Wildman–Crippen MR) is 100 cm³/mol. The fourth-order valence-electron chi connectivity index (χ4n) is 3.55. The van der Waals surface area contributed by atoms with E-state index in [-0.39, 0.29) is 5.91 Å². The van der Waals surface area contributed by atoms with Crippen molar-refractivity contribution in [2.45, 2.75) is 32.2 Å². The molecule has 0 unspecified atom stereocenters. The van der Waals surface area contributed by atoms with Crippen molar-refractivity contribution in [3.63, 3.8) is 0 Å². The van der Waals surface area contributed by atoms with Crippen molar-refractivity contribution in [1.82, 2.24) is 20.3 Å². The van der Waals surface area contributed by atoms with Crippen molar-refractivity contribution < 1.29 is 4.79 Å². The van der Waals surface area contributed by atoms with Gasteiger partial charge < -0.3 is 15.1 Å². The number of aromatic nitrogens is 3. The van der Waals surface area contributed by atoms with Crippen LogP contribution in [0.1, 0.15) is 41.7 Å². The van der Waals surface area contributed by atoms with E-state index < -0.39 is 0 Å². The third kappa shape index (κ3) is 3.76. The average Bonchev–Trinajstić information content (AvgIpc) is 3.40. The summed E-state index contributed by atoms with van der Waals surface area (Å²) in [5, 5.41) is 2.96. The molecule has 4 rings (SSSR count). The molecule has 0 aromatic carbocycles. The van der Waals surface area contributed by atoms with Gasteiger partial charge in [0.05, 0.1) is 0 Å². The maximum Gasteiger partial charge on any atom is 0.270 e. The Balaban J connectivity index is 1.39. The van der Waals surface area contributed by atoms with Gasteiger partial charge in [-0.05, 0) is 43.4 Å². The first kappa shape index (κ1) is 16.8. The molecule has 0 saturated carbocycles. The molecule has 1 amide bonds. The minimum absolute atomic E-state index is 0.174. The minimum atomic E-state index is -0.174. The van der Waals surface area contributed by atoms with E-state index in [1.165, 1.54) is 32.0 Å². The average molecular weight is 352 g/mol. The number of rotatable bonds is 5. The molecule has 0 aliphatic carbocycles. The van der Waals surface area contributed by atoms with E-state index >= 15 is 0 Å². The molecule has 2 aliphatic heterocycles. The lowest BCUT2D eigenvalue weighted by Crippen LogP contribution is -2.26. The highest BCUT2D eigenvalue weighted by atomic mass is 16.1. The second-order valence-electron chi connectivity index (χ2n) is 6.85. The second-order valence-corrected chi connectivity index (χ2v) is 6.85. The maximum absolute atomic E-state index is 12.5. The van der Waals surface area contributed by atoms with E-state index in [2.05, 4.69) is 36.1 Å². The van der Waals surface area contributed by atoms with Gasteiger partial charge in [-0.2, -0.15) is 0 Å². The second kappa shape index (κ2) is 7.68. The maximum atomic E-state index is 12.5. The summed E-state index contributed by atoms with van der Waals surface area (Å²) < 4.78 is 0. The number of amides is 1. The summed E-state index contributed by atoms with van der Waals surface area (Å²) in [6.45, 7) is 4.57. The number of nitrogens with one attached hydrogen (secondary N) is 1. The third-order valence-electron chi connectivity index (χ3n) is 5.01. The van der Waals surface area contributed by atoms with Crippen molar-refractivity contribution in [3.05, 3.63) is 42.0 Å². The van der Waals surface area contributed by atoms with E-state index in [0.717, 1.165) is 43.4 Å². The van der Waals surface area contributed by atoms with Crippen LogP contribution >= 0.6 is 0 Å². The lowest BCUT2D eigenvalue weighted by Gasteiger charge is -2.17. The van der Waals surface area contributed by atoms with Crippen LogP contribution in [0.25, 0.3) is 0 Å². The smallest absolute Gasteiger partial charge is 0.270 e. The summed E-state index contributed by atoms with van der Waals surface area (Å²) in [7, 11) is 0. The molecule has 0 atom stereocenters. The lowest BCUT2D eigenvalue weighted by molar-refractivity contribution is 0.0945. The first-order valence-electron chi connectivity index (χ1n) is 9.35. The molecule has 0 bridgehead atoms. The molecule has 2 aromatic heterocycles. The number of hydrogen-bond acceptors (Lipinski definition) is 6. The fraction of sp³-hybridized carbons (Fsp3) is 0.474. The van der Waals surface area contributed by atoms with Crippen molar-refractivity contribution in [2.24, 2.45) is 0 Å². The molecule has 0 spiro atoms. The summed E-state index contributed by atoms with van der Waals surface area (Å²) in [6, 6.07) is 5.78. The van der Waals surface area contributed by atoms with Gasteiger partial charge in [-0.3, -0.25) is 4.79 Å². The van der Waals surface area contributed by atoms with E-state index in [0.29, 0.717) is 12.2 Å². The fourth-order valence-corrected chi connectivity index (χ4v) is 3.55. The highest BCUT2D eigenvalue weighted by molar-refractivity contribution is 5.92. The van der Waals surface area contributed by atoms with Crippen molar-refractivity contribution in [2.75, 3.05) is 36.0 Å². The summed E-state index contributed by atoms with van der Waals surface area (Å²) in [4.78, 5) is 29.8. The monoisotopic (exact) mass is 352 g/mol. The Labute approximate surface area is 153 Å². The van der Waals surface area contributed by atoms with E-state index in [1.54, 1.807) is 6.07 Å². The predicted octanol–water partition coefficient (Wildman–Crippen LogP) is 2.00. The SMILES string of the molecule is O=C(NCc1ccnc(N2CCCC2)c1)c1cc(N2CCCC2)ncn1. The Hall–Kier alpha value is -2.70. The lowest BCUT2D eigenvalue weighted by atomic mass is 10.2. The molecule has 2 saturated heterocycles. The number of carbonyl (C=O) groups excluding carboxylic acids is 1. The van der Waals surface area contributed by atoms with Gasteiger partial charge in [-0.1, -0.05) is 0 Å². The Morgan fingerprint density at radius 2 is 1.58 bits per heavy atom. The number of carbonyl (C=O) groups is 1. The summed E-state index contributed by atoms with van der Waals surface area (Å²) in [5.74, 6) is 1.66. The van der Waals surface area contributed by atoms with E-state index in [1.807, 2.05) is 12.3 Å². The summed E-state index contributed by atoms with van der Waals surface area (Å²) in [5.41, 5.74) is 1.46. The quantitative estimate of drug-likeness (QED) is 0.887. The highest BCUT2D eigenvalue weighted by Gasteiger charge is 2.17. The van der Waals surface area contributed by atoms with Crippen LogP contribution in [0, 0.1) is 0 Å². The van der Waals surface area contributed by atoms with Crippen LogP contribution in [0.15, 0.2) is 30.7 Å². The third-order valence-corrected chi connectivity index (χ3v) is 5.01. The molecular formula is C19H24N6O. The Morgan fingerprint density at radius 1 is 0.923 bits per heavy atom. The van der Waals surface area contributed by atoms with Gasteiger partial charge in [0.15, 0.2) is 0 Å². The van der Waals surface area contributed by atoms with Gasteiger partial charge in [-0.15, -0.1) is 0 Å². The van der Waals surface area contributed by atoms with Gasteiger partial charge in [-0.25, -0.2) is 15.0 Å². The number of hydrogen-bond donors (Lipinski definition) is 1. The van der Waals surface area contributed by atoms with Crippen LogP contribution in [0.3, 0.4) is 0 Å². The van der Waals surface area contributed by atoms with E-state index in [4.69, 9.17) is 0 Å². The zero-order valence-electron chi connectivity index (χ0n) is 14.9. The molecule has 7 heteroatoms. The topological polar surface area (TPSA) is 74.2 Å². The largest absolute Gasteiger partial charge is 0.357 e. The first-order valence-corrected chi connectivity index (χ1v) is 9.35. The van der Waals surface area contributed by atoms with Crippen LogP contribution in [0.2, 0.25) is 0 Å². The number of anilines is 2. The molecule has 2 aliphatic rings. The van der Waals surface area contributed by atoms with Crippen LogP contribution < -0.4 is 15.1 Å². The van der Waals surface area contributed by atoms with E-state index in [9.17, 15) is 4.79 Å². The first-order chi connectivity index (χ1) is 12.8. The zero-order chi connectivity index (χ0) is 17.8. The molecule has 0 radical (unpaired) electrons. The van der Waals surface area contributed by atoms with Crippen LogP contribution in [0.4, 0.5) is 11.6 Å². The molecule has 7 nitrogen and oxygen atoms in total. The molecule has 2 aromatic rings. The van der Waals surface area contributed by atoms with Gasteiger partial charge in [0.1, 0.15) is 23.7 Å². The molecular weight excluding hydrogens is 328 g/mol. The standard InChI is InChI=1S/C19H24N6O/c26-19(16-12-18(23-14-22-16)25-9-3-4-10-25)21-13-15-5-6-20-17(11-15)24-7-1-2-8-24/h5-6,11-12,14H,1-4,7-10,13H2,(H,21,26).